The van der Waals surface area contributed by atoms with Crippen molar-refractivity contribution in [2.75, 3.05) is 0 Å². The van der Waals surface area contributed by atoms with Crippen molar-refractivity contribution in [1.29, 1.82) is 0 Å². The van der Waals surface area contributed by atoms with Gasteiger partial charge in [-0.25, -0.2) is 23.6 Å². The highest BCUT2D eigenvalue weighted by atomic mass is 35.5. The van der Waals surface area contributed by atoms with Gasteiger partial charge in [-0.05, 0) is 51.1 Å². The molecule has 0 bridgehead atoms. The number of carbonyl (C=O) groups excluding carboxylic acids is 1. The van der Waals surface area contributed by atoms with E-state index < -0.39 is 41.6 Å². The molecule has 2 aromatic heterocycles. The first kappa shape index (κ1) is 25.7. The van der Waals surface area contributed by atoms with E-state index in [9.17, 15) is 18.8 Å². The molecule has 0 aliphatic heterocycles. The van der Waals surface area contributed by atoms with Gasteiger partial charge in [-0.2, -0.15) is 0 Å². The van der Waals surface area contributed by atoms with Crippen molar-refractivity contribution in [3.8, 4) is 23.0 Å². The summed E-state index contributed by atoms with van der Waals surface area (Å²) in [6.07, 6.45) is -0.00860. The number of benzene rings is 1. The predicted octanol–water partition coefficient (Wildman–Crippen LogP) is 3.59. The van der Waals surface area contributed by atoms with E-state index in [4.69, 9.17) is 26.2 Å². The van der Waals surface area contributed by atoms with Crippen molar-refractivity contribution in [3.05, 3.63) is 57.9 Å². The Hall–Kier alpha value is -3.93. The zero-order valence-electron chi connectivity index (χ0n) is 19.0. The van der Waals surface area contributed by atoms with E-state index in [-0.39, 0.29) is 29.0 Å². The Kier molecular flexibility index (Phi) is 7.75. The van der Waals surface area contributed by atoms with Gasteiger partial charge in [0.05, 0.1) is 24.0 Å². The molecule has 186 valence electrons. The van der Waals surface area contributed by atoms with Crippen molar-refractivity contribution >= 4 is 23.7 Å². The second kappa shape index (κ2) is 10.6. The Morgan fingerprint density at radius 1 is 1.29 bits per heavy atom. The number of rotatable bonds is 8. The van der Waals surface area contributed by atoms with E-state index in [1.165, 1.54) is 18.3 Å². The largest absolute Gasteiger partial charge is 0.481 e. The van der Waals surface area contributed by atoms with E-state index in [0.29, 0.717) is 5.56 Å². The third kappa shape index (κ3) is 7.54. The van der Waals surface area contributed by atoms with Crippen LogP contribution in [0.4, 0.5) is 9.18 Å². The highest BCUT2D eigenvalue weighted by Gasteiger charge is 2.23. The molecule has 0 saturated heterocycles. The standard InChI is InChI=1S/C22H23ClFN5O6/c1-22(2,3)35-21(33)26-14(9-17(30)31)11-29-20(32)27-18(28-29)12-4-6-15(7-5-12)34-19-16(24)8-13(23)10-25-19/h4-8,10,14H,9,11H2,1-3H3,(H,26,33)(H,30,31)(H,27,28,32). The lowest BCUT2D eigenvalue weighted by Gasteiger charge is -2.22. The number of H-pyrrole nitrogens is 1. The van der Waals surface area contributed by atoms with Crippen LogP contribution in [0.5, 0.6) is 11.6 Å². The summed E-state index contributed by atoms with van der Waals surface area (Å²) in [6.45, 7) is 4.80. The number of carboxylic acid groups (broad SMARTS) is 1. The molecule has 0 aliphatic carbocycles. The second-order valence-corrected chi connectivity index (χ2v) is 8.91. The van der Waals surface area contributed by atoms with Gasteiger partial charge in [0.15, 0.2) is 11.6 Å². The van der Waals surface area contributed by atoms with Crippen LogP contribution < -0.4 is 15.7 Å². The number of amides is 1. The quantitative estimate of drug-likeness (QED) is 0.419. The maximum Gasteiger partial charge on any atom is 0.407 e. The number of hydrogen-bond donors (Lipinski definition) is 3. The Labute approximate surface area is 203 Å². The lowest BCUT2D eigenvalue weighted by atomic mass is 10.2. The molecule has 1 aromatic carbocycles. The number of alkyl carbamates (subject to hydrolysis) is 1. The molecule has 0 radical (unpaired) electrons. The van der Waals surface area contributed by atoms with Gasteiger partial charge in [-0.3, -0.25) is 9.78 Å². The molecule has 2 heterocycles. The molecule has 35 heavy (non-hydrogen) atoms. The van der Waals surface area contributed by atoms with Crippen LogP contribution in [0, 0.1) is 5.82 Å². The van der Waals surface area contributed by atoms with Crippen LogP contribution in [-0.2, 0) is 16.1 Å². The first-order valence-electron chi connectivity index (χ1n) is 10.4. The maximum absolute atomic E-state index is 13.9. The minimum absolute atomic E-state index is 0.136. The molecule has 1 amide bonds. The monoisotopic (exact) mass is 507 g/mol. The number of carbonyl (C=O) groups is 2. The van der Waals surface area contributed by atoms with Crippen LogP contribution >= 0.6 is 11.6 Å². The van der Waals surface area contributed by atoms with E-state index in [2.05, 4.69) is 20.4 Å². The summed E-state index contributed by atoms with van der Waals surface area (Å²) in [5.41, 5.74) is -0.874. The van der Waals surface area contributed by atoms with E-state index in [1.807, 2.05) is 0 Å². The average molecular weight is 508 g/mol. The van der Waals surface area contributed by atoms with Crippen molar-refractivity contribution in [2.24, 2.45) is 0 Å². The van der Waals surface area contributed by atoms with Crippen molar-refractivity contribution in [1.82, 2.24) is 25.1 Å². The molecule has 0 spiro atoms. The van der Waals surface area contributed by atoms with Gasteiger partial charge in [0.25, 0.3) is 5.88 Å². The lowest BCUT2D eigenvalue weighted by Crippen LogP contribution is -2.43. The lowest BCUT2D eigenvalue weighted by molar-refractivity contribution is -0.137. The molecule has 0 saturated carbocycles. The van der Waals surface area contributed by atoms with Gasteiger partial charge < -0.3 is 19.9 Å². The van der Waals surface area contributed by atoms with Gasteiger partial charge in [0.1, 0.15) is 11.4 Å². The SMILES string of the molecule is CC(C)(C)OC(=O)NC(CC(=O)O)Cn1nc(-c2ccc(Oc3ncc(Cl)cc3F)cc2)[nH]c1=O. The molecule has 1 atom stereocenters. The van der Waals surface area contributed by atoms with Crippen LogP contribution in [0.25, 0.3) is 11.4 Å². The summed E-state index contributed by atoms with van der Waals surface area (Å²) < 4.78 is 25.4. The highest BCUT2D eigenvalue weighted by Crippen LogP contribution is 2.26. The van der Waals surface area contributed by atoms with Gasteiger partial charge in [0, 0.05) is 11.8 Å². The summed E-state index contributed by atoms with van der Waals surface area (Å²) in [5.74, 6) is -1.66. The molecule has 1 unspecified atom stereocenters. The number of carboxylic acids is 1. The molecule has 3 rings (SSSR count). The minimum atomic E-state index is -1.17. The zero-order chi connectivity index (χ0) is 25.8. The Morgan fingerprint density at radius 3 is 2.57 bits per heavy atom. The molecule has 3 aromatic rings. The summed E-state index contributed by atoms with van der Waals surface area (Å²) in [6, 6.07) is 6.34. The summed E-state index contributed by atoms with van der Waals surface area (Å²) in [5, 5.41) is 15.9. The molecular formula is C22H23ClFN5O6. The minimum Gasteiger partial charge on any atom is -0.481 e. The van der Waals surface area contributed by atoms with Gasteiger partial charge in [0.2, 0.25) is 0 Å². The van der Waals surface area contributed by atoms with Gasteiger partial charge >= 0.3 is 17.8 Å². The van der Waals surface area contributed by atoms with E-state index >= 15 is 0 Å². The number of hydrogen-bond acceptors (Lipinski definition) is 7. The fourth-order valence-electron chi connectivity index (χ4n) is 2.94. The van der Waals surface area contributed by atoms with E-state index in [0.717, 1.165) is 10.7 Å². The first-order valence-corrected chi connectivity index (χ1v) is 10.7. The zero-order valence-corrected chi connectivity index (χ0v) is 19.8. The number of pyridine rings is 1. The maximum atomic E-state index is 13.9. The molecular weight excluding hydrogens is 485 g/mol. The molecule has 3 N–H and O–H groups in total. The molecule has 11 nitrogen and oxygen atoms in total. The average Bonchev–Trinajstić information content (AvgIpc) is 3.09. The third-order valence-electron chi connectivity index (χ3n) is 4.33. The molecule has 0 fully saturated rings. The van der Waals surface area contributed by atoms with Gasteiger partial charge in [-0.1, -0.05) is 11.6 Å². The summed E-state index contributed by atoms with van der Waals surface area (Å²) in [7, 11) is 0. The van der Waals surface area contributed by atoms with Gasteiger partial charge in [-0.15, -0.1) is 5.10 Å². The number of nitrogens with zero attached hydrogens (tertiary/aromatic N) is 3. The number of ether oxygens (including phenoxy) is 2. The topological polar surface area (TPSA) is 148 Å². The Bertz CT molecular complexity index is 1270. The van der Waals surface area contributed by atoms with Crippen LogP contribution in [0.15, 0.2) is 41.3 Å². The molecule has 13 heteroatoms. The normalized spacial score (nSPS) is 12.1. The first-order chi connectivity index (χ1) is 16.4. The smallest absolute Gasteiger partial charge is 0.407 e. The fraction of sp³-hybridized carbons (Fsp3) is 0.318. The van der Waals surface area contributed by atoms with Crippen LogP contribution in [0.1, 0.15) is 27.2 Å². The Morgan fingerprint density at radius 2 is 1.97 bits per heavy atom. The number of aliphatic carboxylic acids is 1. The number of nitrogens with one attached hydrogen (secondary N) is 2. The number of aromatic nitrogens is 4. The van der Waals surface area contributed by atoms with Crippen molar-refractivity contribution in [2.45, 2.75) is 45.4 Å². The van der Waals surface area contributed by atoms with E-state index in [1.54, 1.807) is 32.9 Å². The van der Waals surface area contributed by atoms with Crippen molar-refractivity contribution in [3.63, 3.8) is 0 Å². The Balaban J connectivity index is 1.73. The van der Waals surface area contributed by atoms with Crippen LogP contribution in [0.3, 0.4) is 0 Å². The predicted molar refractivity (Wildman–Crippen MR) is 123 cm³/mol. The fourth-order valence-corrected chi connectivity index (χ4v) is 3.08. The molecule has 0 aliphatic rings. The number of halogens is 2. The third-order valence-corrected chi connectivity index (χ3v) is 4.54. The van der Waals surface area contributed by atoms with Crippen LogP contribution in [-0.4, -0.2) is 48.6 Å². The summed E-state index contributed by atoms with van der Waals surface area (Å²) >= 11 is 5.68. The summed E-state index contributed by atoms with van der Waals surface area (Å²) in [4.78, 5) is 42.0. The van der Waals surface area contributed by atoms with Crippen molar-refractivity contribution < 1.29 is 28.6 Å². The highest BCUT2D eigenvalue weighted by molar-refractivity contribution is 6.30. The van der Waals surface area contributed by atoms with Crippen LogP contribution in [0.2, 0.25) is 5.02 Å². The second-order valence-electron chi connectivity index (χ2n) is 8.47. The number of aromatic amines is 1.